The second-order valence-electron chi connectivity index (χ2n) is 5.20. The van der Waals surface area contributed by atoms with Gasteiger partial charge in [0.25, 0.3) is 5.56 Å². The van der Waals surface area contributed by atoms with Crippen LogP contribution in [0.5, 0.6) is 5.75 Å². The molecular weight excluding hydrogens is 298 g/mol. The number of ether oxygens (including phenoxy) is 1. The van der Waals surface area contributed by atoms with Crippen molar-refractivity contribution in [3.63, 3.8) is 0 Å². The third kappa shape index (κ3) is 2.64. The second kappa shape index (κ2) is 5.73. The third-order valence-corrected chi connectivity index (χ3v) is 3.63. The van der Waals surface area contributed by atoms with E-state index in [0.29, 0.717) is 29.0 Å². The van der Waals surface area contributed by atoms with Gasteiger partial charge in [0.1, 0.15) is 11.3 Å². The van der Waals surface area contributed by atoms with E-state index in [1.807, 2.05) is 6.07 Å². The zero-order chi connectivity index (χ0) is 16.6. The first-order chi connectivity index (χ1) is 11.0. The molecule has 0 aliphatic heterocycles. The molecule has 0 aliphatic carbocycles. The highest BCUT2D eigenvalue weighted by atomic mass is 16.5. The molecule has 0 atom stereocenters. The maximum atomic E-state index is 12.2. The number of aromatic amines is 1. The molecule has 4 N–H and O–H groups in total. The molecule has 2 heterocycles. The molecule has 0 aliphatic rings. The Morgan fingerprint density at radius 2 is 2.22 bits per heavy atom. The van der Waals surface area contributed by atoms with Gasteiger partial charge in [-0.2, -0.15) is 5.10 Å². The van der Waals surface area contributed by atoms with Crippen LogP contribution in [0.2, 0.25) is 0 Å². The van der Waals surface area contributed by atoms with Crippen LogP contribution in [0.15, 0.2) is 23.0 Å². The molecule has 0 fully saturated rings. The molecule has 0 saturated heterocycles. The van der Waals surface area contributed by atoms with Crippen molar-refractivity contribution in [2.24, 2.45) is 0 Å². The Hall–Kier alpha value is -2.87. The normalized spacial score (nSPS) is 11.1. The third-order valence-electron chi connectivity index (χ3n) is 3.63. The number of H-pyrrole nitrogens is 1. The first kappa shape index (κ1) is 15.0. The lowest BCUT2D eigenvalue weighted by Gasteiger charge is -2.10. The smallest absolute Gasteiger partial charge is 0.278 e. The number of rotatable bonds is 4. The number of hydrogen-bond donors (Lipinski definition) is 3. The Bertz CT molecular complexity index is 929. The second-order valence-corrected chi connectivity index (χ2v) is 5.20. The van der Waals surface area contributed by atoms with Crippen molar-refractivity contribution in [3.05, 3.63) is 45.4 Å². The van der Waals surface area contributed by atoms with Crippen molar-refractivity contribution in [1.82, 2.24) is 19.7 Å². The first-order valence-electron chi connectivity index (χ1n) is 7.03. The summed E-state index contributed by atoms with van der Waals surface area (Å²) >= 11 is 0. The lowest BCUT2D eigenvalue weighted by Crippen LogP contribution is -2.15. The minimum atomic E-state index is -0.342. The topological polar surface area (TPSA) is 119 Å². The zero-order valence-electron chi connectivity index (χ0n) is 12.8. The molecule has 0 unspecified atom stereocenters. The maximum absolute atomic E-state index is 12.2. The number of nitrogens with one attached hydrogen (secondary N) is 1. The van der Waals surface area contributed by atoms with Crippen LogP contribution < -0.4 is 16.0 Å². The number of hydrogen-bond acceptors (Lipinski definition) is 6. The number of benzene rings is 1. The predicted octanol–water partition coefficient (Wildman–Crippen LogP) is 0.559. The largest absolute Gasteiger partial charge is 0.496 e. The van der Waals surface area contributed by atoms with Gasteiger partial charge in [-0.3, -0.25) is 14.5 Å². The quantitative estimate of drug-likeness (QED) is 0.647. The number of aromatic nitrogens is 4. The summed E-state index contributed by atoms with van der Waals surface area (Å²) in [6, 6.07) is 5.38. The van der Waals surface area contributed by atoms with E-state index in [1.165, 1.54) is 0 Å². The SMILES string of the molecule is COc1ccc(CO)cc1Cn1nc(C)c2nc(N)[nH]c(=O)c21. The van der Waals surface area contributed by atoms with Crippen molar-refractivity contribution in [2.45, 2.75) is 20.1 Å². The summed E-state index contributed by atoms with van der Waals surface area (Å²) in [7, 11) is 1.57. The van der Waals surface area contributed by atoms with E-state index in [0.717, 1.165) is 11.1 Å². The van der Waals surface area contributed by atoms with Crippen molar-refractivity contribution in [2.75, 3.05) is 12.8 Å². The van der Waals surface area contributed by atoms with E-state index >= 15 is 0 Å². The predicted molar refractivity (Wildman–Crippen MR) is 85.3 cm³/mol. The van der Waals surface area contributed by atoms with Gasteiger partial charge in [0.05, 0.1) is 26.0 Å². The van der Waals surface area contributed by atoms with Crippen molar-refractivity contribution in [3.8, 4) is 5.75 Å². The maximum Gasteiger partial charge on any atom is 0.278 e. The monoisotopic (exact) mass is 315 g/mol. The molecule has 3 aromatic rings. The number of nitrogens with zero attached hydrogens (tertiary/aromatic N) is 3. The summed E-state index contributed by atoms with van der Waals surface area (Å²) in [5.74, 6) is 0.716. The van der Waals surface area contributed by atoms with Gasteiger partial charge in [0.15, 0.2) is 5.52 Å². The fraction of sp³-hybridized carbons (Fsp3) is 0.267. The van der Waals surface area contributed by atoms with Crippen LogP contribution in [0.3, 0.4) is 0 Å². The highest BCUT2D eigenvalue weighted by Gasteiger charge is 2.15. The van der Waals surface area contributed by atoms with E-state index in [2.05, 4.69) is 15.1 Å². The molecule has 0 radical (unpaired) electrons. The average Bonchev–Trinajstić information content (AvgIpc) is 2.83. The number of nitrogen functional groups attached to an aromatic ring is 1. The lowest BCUT2D eigenvalue weighted by molar-refractivity contribution is 0.281. The molecule has 1 aromatic carbocycles. The van der Waals surface area contributed by atoms with Crippen molar-refractivity contribution in [1.29, 1.82) is 0 Å². The Balaban J connectivity index is 2.14. The number of methoxy groups -OCH3 is 1. The van der Waals surface area contributed by atoms with E-state index < -0.39 is 0 Å². The highest BCUT2D eigenvalue weighted by Crippen LogP contribution is 2.22. The van der Waals surface area contributed by atoms with Gasteiger partial charge in [-0.15, -0.1) is 0 Å². The molecule has 2 aromatic heterocycles. The summed E-state index contributed by atoms with van der Waals surface area (Å²) in [4.78, 5) is 18.8. The van der Waals surface area contributed by atoms with Crippen molar-refractivity contribution >= 4 is 17.0 Å². The molecule has 0 spiro atoms. The van der Waals surface area contributed by atoms with Crippen LogP contribution in [0.25, 0.3) is 11.0 Å². The van der Waals surface area contributed by atoms with Crippen molar-refractivity contribution < 1.29 is 9.84 Å². The molecule has 3 rings (SSSR count). The van der Waals surface area contributed by atoms with Gasteiger partial charge in [-0.05, 0) is 24.6 Å². The summed E-state index contributed by atoms with van der Waals surface area (Å²) in [6.45, 7) is 2.01. The number of nitrogens with two attached hydrogens (primary N) is 1. The summed E-state index contributed by atoms with van der Waals surface area (Å²) in [5.41, 5.74) is 8.26. The first-order valence-corrected chi connectivity index (χ1v) is 7.03. The number of aryl methyl sites for hydroxylation is 1. The Kier molecular flexibility index (Phi) is 3.75. The van der Waals surface area contributed by atoms with E-state index in [1.54, 1.807) is 30.8 Å². The van der Waals surface area contributed by atoms with Crippen LogP contribution in [0, 0.1) is 6.92 Å². The van der Waals surface area contributed by atoms with Crippen LogP contribution in [-0.2, 0) is 13.2 Å². The molecule has 0 amide bonds. The number of anilines is 1. The van der Waals surface area contributed by atoms with E-state index in [9.17, 15) is 9.90 Å². The van der Waals surface area contributed by atoms with Gasteiger partial charge in [-0.25, -0.2) is 4.98 Å². The van der Waals surface area contributed by atoms with E-state index in [4.69, 9.17) is 10.5 Å². The summed E-state index contributed by atoms with van der Waals surface area (Å²) in [5, 5.41) is 13.7. The molecule has 0 saturated carbocycles. The number of aliphatic hydroxyl groups excluding tert-OH is 1. The molecule has 8 nitrogen and oxygen atoms in total. The van der Waals surface area contributed by atoms with Crippen LogP contribution in [0.1, 0.15) is 16.8 Å². The molecule has 120 valence electrons. The highest BCUT2D eigenvalue weighted by molar-refractivity contribution is 5.77. The molecule has 8 heteroatoms. The lowest BCUT2D eigenvalue weighted by atomic mass is 10.1. The van der Waals surface area contributed by atoms with Gasteiger partial charge in [0.2, 0.25) is 5.95 Å². The van der Waals surface area contributed by atoms with Crippen LogP contribution >= 0.6 is 0 Å². The Labute approximate surface area is 131 Å². The van der Waals surface area contributed by atoms with Crippen LogP contribution in [0.4, 0.5) is 5.95 Å². The number of fused-ring (bicyclic) bond motifs is 1. The Morgan fingerprint density at radius 1 is 1.43 bits per heavy atom. The summed E-state index contributed by atoms with van der Waals surface area (Å²) in [6.07, 6.45) is 0. The molecular formula is C15H17N5O3. The minimum Gasteiger partial charge on any atom is -0.496 e. The van der Waals surface area contributed by atoms with E-state index in [-0.39, 0.29) is 18.1 Å². The molecule has 0 bridgehead atoms. The fourth-order valence-electron chi connectivity index (χ4n) is 2.58. The molecule has 23 heavy (non-hydrogen) atoms. The standard InChI is InChI=1S/C15H17N5O3/c1-8-12-13(14(22)18-15(16)17-12)20(19-8)6-10-5-9(7-21)3-4-11(10)23-2/h3-5,21H,6-7H2,1-2H3,(H3,16,17,18,22). The zero-order valence-corrected chi connectivity index (χ0v) is 12.8. The minimum absolute atomic E-state index is 0.0602. The fourth-order valence-corrected chi connectivity index (χ4v) is 2.58. The number of aliphatic hydroxyl groups is 1. The van der Waals surface area contributed by atoms with Gasteiger partial charge in [-0.1, -0.05) is 6.07 Å². The Morgan fingerprint density at radius 3 is 2.91 bits per heavy atom. The van der Waals surface area contributed by atoms with Gasteiger partial charge >= 0.3 is 0 Å². The summed E-state index contributed by atoms with van der Waals surface area (Å²) < 4.78 is 6.91. The van der Waals surface area contributed by atoms with Gasteiger partial charge in [0, 0.05) is 5.56 Å². The average molecular weight is 315 g/mol. The van der Waals surface area contributed by atoms with Crippen LogP contribution in [-0.4, -0.2) is 32.0 Å². The van der Waals surface area contributed by atoms with Gasteiger partial charge < -0.3 is 15.6 Å².